The first-order valence-corrected chi connectivity index (χ1v) is 10.2. The maximum Gasteiger partial charge on any atom is 0.416 e. The normalized spacial score (nSPS) is 18.1. The molecule has 4 rings (SSSR count). The third kappa shape index (κ3) is 4.45. The van der Waals surface area contributed by atoms with Crippen LogP contribution in [0.2, 0.25) is 5.02 Å². The zero-order valence-corrected chi connectivity index (χ0v) is 16.5. The van der Waals surface area contributed by atoms with E-state index in [0.29, 0.717) is 11.8 Å². The number of nitrogens with zero attached hydrogens (tertiary/aromatic N) is 2. The SMILES string of the molecule is FC(F)(F)c1ccc(CN2CC[C@H](Sc3cc4ccncc4cc3Cl)C2)cc1. The Bertz CT molecular complexity index is 976. The van der Waals surface area contributed by atoms with E-state index in [9.17, 15) is 13.2 Å². The van der Waals surface area contributed by atoms with Gasteiger partial charge in [0.2, 0.25) is 0 Å². The van der Waals surface area contributed by atoms with Crippen molar-refractivity contribution in [3.05, 3.63) is 71.0 Å². The molecule has 7 heteroatoms. The minimum atomic E-state index is -4.29. The average Bonchev–Trinajstić information content (AvgIpc) is 3.09. The summed E-state index contributed by atoms with van der Waals surface area (Å²) in [6.45, 7) is 2.47. The van der Waals surface area contributed by atoms with Crippen LogP contribution in [0.15, 0.2) is 59.8 Å². The lowest BCUT2D eigenvalue weighted by Crippen LogP contribution is -2.20. The van der Waals surface area contributed by atoms with Gasteiger partial charge in [0.1, 0.15) is 0 Å². The number of likely N-dealkylation sites (tertiary alicyclic amines) is 1. The lowest BCUT2D eigenvalue weighted by molar-refractivity contribution is -0.137. The fraction of sp³-hybridized carbons (Fsp3) is 0.286. The predicted molar refractivity (Wildman–Crippen MR) is 108 cm³/mol. The monoisotopic (exact) mass is 422 g/mol. The quantitative estimate of drug-likeness (QED) is 0.492. The van der Waals surface area contributed by atoms with Crippen LogP contribution in [-0.2, 0) is 12.7 Å². The minimum Gasteiger partial charge on any atom is -0.298 e. The Kier molecular flexibility index (Phi) is 5.54. The van der Waals surface area contributed by atoms with Gasteiger partial charge in [0.15, 0.2) is 0 Å². The molecule has 2 nitrogen and oxygen atoms in total. The zero-order valence-electron chi connectivity index (χ0n) is 14.9. The summed E-state index contributed by atoms with van der Waals surface area (Å²) in [4.78, 5) is 7.46. The Balaban J connectivity index is 1.39. The molecule has 0 radical (unpaired) electrons. The van der Waals surface area contributed by atoms with Gasteiger partial charge < -0.3 is 0 Å². The number of hydrogen-bond acceptors (Lipinski definition) is 3. The molecule has 1 aliphatic rings. The molecule has 1 fully saturated rings. The van der Waals surface area contributed by atoms with Crippen molar-refractivity contribution in [2.24, 2.45) is 0 Å². The van der Waals surface area contributed by atoms with Gasteiger partial charge in [-0.1, -0.05) is 23.7 Å². The molecule has 0 bridgehead atoms. The molecule has 3 aromatic rings. The number of fused-ring (bicyclic) bond motifs is 1. The van der Waals surface area contributed by atoms with Gasteiger partial charge in [0.05, 0.1) is 10.6 Å². The Morgan fingerprint density at radius 3 is 2.64 bits per heavy atom. The van der Waals surface area contributed by atoms with Crippen LogP contribution in [0.5, 0.6) is 0 Å². The summed E-state index contributed by atoms with van der Waals surface area (Å²) in [5.74, 6) is 0. The van der Waals surface area contributed by atoms with Crippen LogP contribution in [-0.4, -0.2) is 28.2 Å². The Morgan fingerprint density at radius 1 is 1.11 bits per heavy atom. The van der Waals surface area contributed by atoms with Crippen molar-refractivity contribution >= 4 is 34.1 Å². The van der Waals surface area contributed by atoms with Crippen molar-refractivity contribution in [3.63, 3.8) is 0 Å². The van der Waals surface area contributed by atoms with Gasteiger partial charge in [0.25, 0.3) is 0 Å². The lowest BCUT2D eigenvalue weighted by Gasteiger charge is -2.17. The molecule has 1 atom stereocenters. The van der Waals surface area contributed by atoms with Crippen LogP contribution in [0.4, 0.5) is 13.2 Å². The highest BCUT2D eigenvalue weighted by Gasteiger charge is 2.30. The molecule has 2 heterocycles. The predicted octanol–water partition coefficient (Wildman–Crippen LogP) is 6.27. The Morgan fingerprint density at radius 2 is 1.89 bits per heavy atom. The second kappa shape index (κ2) is 7.93. The lowest BCUT2D eigenvalue weighted by atomic mass is 10.1. The van der Waals surface area contributed by atoms with Crippen molar-refractivity contribution in [1.29, 1.82) is 0 Å². The number of alkyl halides is 3. The molecular formula is C21H18ClF3N2S. The maximum absolute atomic E-state index is 12.7. The van der Waals surface area contributed by atoms with Crippen molar-refractivity contribution < 1.29 is 13.2 Å². The largest absolute Gasteiger partial charge is 0.416 e. The maximum atomic E-state index is 12.7. The minimum absolute atomic E-state index is 0.409. The van der Waals surface area contributed by atoms with Crippen LogP contribution >= 0.6 is 23.4 Å². The summed E-state index contributed by atoms with van der Waals surface area (Å²) in [7, 11) is 0. The number of thioether (sulfide) groups is 1. The highest BCUT2D eigenvalue weighted by Crippen LogP contribution is 2.37. The number of benzene rings is 2. The molecule has 0 amide bonds. The third-order valence-corrected chi connectivity index (χ3v) is 6.64. The summed E-state index contributed by atoms with van der Waals surface area (Å²) >= 11 is 8.22. The van der Waals surface area contributed by atoms with E-state index < -0.39 is 11.7 Å². The van der Waals surface area contributed by atoms with E-state index in [-0.39, 0.29) is 0 Å². The van der Waals surface area contributed by atoms with Gasteiger partial charge >= 0.3 is 6.18 Å². The highest BCUT2D eigenvalue weighted by molar-refractivity contribution is 8.00. The number of rotatable bonds is 4. The van der Waals surface area contributed by atoms with Crippen LogP contribution < -0.4 is 0 Å². The van der Waals surface area contributed by atoms with Gasteiger partial charge in [-0.05, 0) is 54.2 Å². The Labute approximate surface area is 170 Å². The molecule has 146 valence electrons. The number of pyridine rings is 1. The molecule has 0 spiro atoms. The van der Waals surface area contributed by atoms with Gasteiger partial charge in [-0.3, -0.25) is 9.88 Å². The van der Waals surface area contributed by atoms with Gasteiger partial charge in [0, 0.05) is 41.0 Å². The van der Waals surface area contributed by atoms with Crippen molar-refractivity contribution in [1.82, 2.24) is 9.88 Å². The molecule has 1 saturated heterocycles. The molecular weight excluding hydrogens is 405 g/mol. The average molecular weight is 423 g/mol. The second-order valence-electron chi connectivity index (χ2n) is 6.96. The number of halogens is 4. The molecule has 0 unspecified atom stereocenters. The van der Waals surface area contributed by atoms with Crippen molar-refractivity contribution in [2.45, 2.75) is 29.3 Å². The third-order valence-electron chi connectivity index (χ3n) is 4.90. The summed E-state index contributed by atoms with van der Waals surface area (Å²) < 4.78 is 38.1. The van der Waals surface area contributed by atoms with Crippen molar-refractivity contribution in [3.8, 4) is 0 Å². The Hall–Kier alpha value is -1.76. The smallest absolute Gasteiger partial charge is 0.298 e. The van der Waals surface area contributed by atoms with Crippen LogP contribution in [0, 0.1) is 0 Å². The van der Waals surface area contributed by atoms with E-state index in [1.807, 2.05) is 12.1 Å². The van der Waals surface area contributed by atoms with E-state index >= 15 is 0 Å². The van der Waals surface area contributed by atoms with E-state index in [1.54, 1.807) is 36.3 Å². The molecule has 1 aromatic heterocycles. The summed E-state index contributed by atoms with van der Waals surface area (Å²) in [5, 5.41) is 3.27. The standard InChI is InChI=1S/C21H18ClF3N2S/c22-19-9-16-11-26-7-5-15(16)10-20(19)28-18-6-8-27(13-18)12-14-1-3-17(4-2-14)21(23,24)25/h1-5,7,9-11,18H,6,8,12-13H2/t18-/m0/s1. The molecule has 28 heavy (non-hydrogen) atoms. The number of hydrogen-bond donors (Lipinski definition) is 0. The van der Waals surface area contributed by atoms with Crippen molar-refractivity contribution in [2.75, 3.05) is 13.1 Å². The van der Waals surface area contributed by atoms with Crippen LogP contribution in [0.25, 0.3) is 10.8 Å². The van der Waals surface area contributed by atoms with E-state index in [0.717, 1.165) is 57.9 Å². The second-order valence-corrected chi connectivity index (χ2v) is 8.71. The van der Waals surface area contributed by atoms with E-state index in [2.05, 4.69) is 16.0 Å². The van der Waals surface area contributed by atoms with Gasteiger partial charge in [-0.25, -0.2) is 0 Å². The zero-order chi connectivity index (χ0) is 19.7. The molecule has 1 aliphatic heterocycles. The highest BCUT2D eigenvalue weighted by atomic mass is 35.5. The van der Waals surface area contributed by atoms with Gasteiger partial charge in [-0.2, -0.15) is 13.2 Å². The summed E-state index contributed by atoms with van der Waals surface area (Å²) in [5.41, 5.74) is 0.294. The molecule has 2 aromatic carbocycles. The van der Waals surface area contributed by atoms with E-state index in [4.69, 9.17) is 11.6 Å². The summed E-state index contributed by atoms with van der Waals surface area (Å²) in [6.07, 6.45) is 0.308. The first-order valence-electron chi connectivity index (χ1n) is 8.97. The topological polar surface area (TPSA) is 16.1 Å². The first kappa shape index (κ1) is 19.6. The molecule has 0 N–H and O–H groups in total. The van der Waals surface area contributed by atoms with E-state index in [1.165, 1.54) is 0 Å². The first-order chi connectivity index (χ1) is 13.4. The van der Waals surface area contributed by atoms with Crippen LogP contribution in [0.1, 0.15) is 17.5 Å². The molecule has 0 aliphatic carbocycles. The van der Waals surface area contributed by atoms with Crippen LogP contribution in [0.3, 0.4) is 0 Å². The fourth-order valence-corrected chi connectivity index (χ4v) is 4.99. The molecule has 0 saturated carbocycles. The van der Waals surface area contributed by atoms with Gasteiger partial charge in [-0.15, -0.1) is 11.8 Å². The summed E-state index contributed by atoms with van der Waals surface area (Å²) in [6, 6.07) is 11.5. The fourth-order valence-electron chi connectivity index (χ4n) is 3.45. The number of aromatic nitrogens is 1.